The molecule has 1 fully saturated rings. The average Bonchev–Trinajstić information content (AvgIpc) is 3.25. The number of hydrogen-bond acceptors (Lipinski definition) is 6. The molecule has 0 saturated carbocycles. The normalized spacial score (nSPS) is 14.2. The van der Waals surface area contributed by atoms with E-state index in [1.54, 1.807) is 19.2 Å². The topological polar surface area (TPSA) is 85.8 Å². The molecule has 0 radical (unpaired) electrons. The third-order valence-electron chi connectivity index (χ3n) is 4.84. The summed E-state index contributed by atoms with van der Waals surface area (Å²) in [6.45, 7) is 6.56. The van der Waals surface area contributed by atoms with Gasteiger partial charge in [0, 0.05) is 64.3 Å². The van der Waals surface area contributed by atoms with Crippen molar-refractivity contribution in [1.82, 2.24) is 24.9 Å². The van der Waals surface area contributed by atoms with Crippen LogP contribution in [0.2, 0.25) is 0 Å². The molecule has 1 amide bonds. The molecule has 31 heavy (non-hydrogen) atoms. The van der Waals surface area contributed by atoms with E-state index < -0.39 is 0 Å². The van der Waals surface area contributed by atoms with Crippen molar-refractivity contribution in [3.05, 3.63) is 41.5 Å². The maximum atomic E-state index is 12.9. The van der Waals surface area contributed by atoms with Crippen LogP contribution >= 0.6 is 35.5 Å². The van der Waals surface area contributed by atoms with Crippen LogP contribution in [0, 0.1) is 5.82 Å². The maximum Gasteiger partial charge on any atom is 0.224 e. The number of halogens is 2. The van der Waals surface area contributed by atoms with Crippen LogP contribution in [0.4, 0.5) is 9.52 Å². The van der Waals surface area contributed by atoms with E-state index >= 15 is 0 Å². The molecular formula is C20H29FIN7OS. The molecule has 0 spiro atoms. The maximum absolute atomic E-state index is 12.9. The second-order valence-electron chi connectivity index (χ2n) is 6.95. The summed E-state index contributed by atoms with van der Waals surface area (Å²) in [5.41, 5.74) is 0.789. The number of nitrogens with zero attached hydrogens (tertiary/aromatic N) is 5. The number of rotatable bonds is 7. The first kappa shape index (κ1) is 25.2. The zero-order valence-corrected chi connectivity index (χ0v) is 21.0. The van der Waals surface area contributed by atoms with E-state index in [0.717, 1.165) is 55.1 Å². The number of anilines is 1. The predicted octanol–water partition coefficient (Wildman–Crippen LogP) is 1.91. The summed E-state index contributed by atoms with van der Waals surface area (Å²) in [5.74, 6) is 1.34. The van der Waals surface area contributed by atoms with Gasteiger partial charge in [0.1, 0.15) is 11.6 Å². The SMILES string of the molecule is CCc1nsc(N2CCN(C(=NC)NCCNC(=O)Cc3ccc(F)cc3)CC2)n1.I. The van der Waals surface area contributed by atoms with Crippen LogP contribution in [0.5, 0.6) is 0 Å². The fourth-order valence-corrected chi connectivity index (χ4v) is 3.99. The van der Waals surface area contributed by atoms with Crippen LogP contribution in [-0.4, -0.2) is 72.4 Å². The standard InChI is InChI=1S/C20H28FN7OS.HI/c1-3-17-25-20(30-26-17)28-12-10-27(11-13-28)19(22-2)24-9-8-23-18(29)14-15-4-6-16(21)7-5-15;/h4-7H,3,8-14H2,1-2H3,(H,22,24)(H,23,29);1H. The lowest BCUT2D eigenvalue weighted by Crippen LogP contribution is -2.53. The van der Waals surface area contributed by atoms with Crippen LogP contribution < -0.4 is 15.5 Å². The summed E-state index contributed by atoms with van der Waals surface area (Å²) in [5, 5.41) is 7.16. The van der Waals surface area contributed by atoms with Gasteiger partial charge < -0.3 is 20.4 Å². The van der Waals surface area contributed by atoms with Gasteiger partial charge in [-0.2, -0.15) is 4.37 Å². The van der Waals surface area contributed by atoms with Gasteiger partial charge in [0.05, 0.1) is 6.42 Å². The quantitative estimate of drug-likeness (QED) is 0.233. The fourth-order valence-electron chi connectivity index (χ4n) is 3.18. The lowest BCUT2D eigenvalue weighted by Gasteiger charge is -2.36. The van der Waals surface area contributed by atoms with E-state index in [4.69, 9.17) is 0 Å². The van der Waals surface area contributed by atoms with Crippen molar-refractivity contribution < 1.29 is 9.18 Å². The summed E-state index contributed by atoms with van der Waals surface area (Å²) in [4.78, 5) is 25.4. The first-order chi connectivity index (χ1) is 14.6. The van der Waals surface area contributed by atoms with Gasteiger partial charge in [-0.05, 0) is 17.7 Å². The van der Waals surface area contributed by atoms with Crippen LogP contribution in [0.1, 0.15) is 18.3 Å². The number of piperazine rings is 1. The van der Waals surface area contributed by atoms with Gasteiger partial charge in [0.25, 0.3) is 0 Å². The van der Waals surface area contributed by atoms with Crippen molar-refractivity contribution in [3.63, 3.8) is 0 Å². The fraction of sp³-hybridized carbons (Fsp3) is 0.500. The third kappa shape index (κ3) is 7.56. The summed E-state index contributed by atoms with van der Waals surface area (Å²) in [6, 6.07) is 5.97. The molecule has 0 aliphatic carbocycles. The molecule has 1 aliphatic rings. The lowest BCUT2D eigenvalue weighted by atomic mass is 10.1. The highest BCUT2D eigenvalue weighted by atomic mass is 127. The Kier molecular flexibility index (Phi) is 10.4. The summed E-state index contributed by atoms with van der Waals surface area (Å²) < 4.78 is 17.3. The van der Waals surface area contributed by atoms with Gasteiger partial charge in [0.15, 0.2) is 5.96 Å². The average molecular weight is 561 g/mol. The number of aryl methyl sites for hydroxylation is 1. The number of nitrogens with one attached hydrogen (secondary N) is 2. The predicted molar refractivity (Wildman–Crippen MR) is 133 cm³/mol. The molecule has 0 unspecified atom stereocenters. The Morgan fingerprint density at radius 1 is 1.16 bits per heavy atom. The minimum atomic E-state index is -0.301. The highest BCUT2D eigenvalue weighted by Gasteiger charge is 2.21. The molecular weight excluding hydrogens is 532 g/mol. The second kappa shape index (κ2) is 12.7. The Labute approximate surface area is 203 Å². The van der Waals surface area contributed by atoms with E-state index in [0.29, 0.717) is 13.1 Å². The van der Waals surface area contributed by atoms with Gasteiger partial charge in [-0.1, -0.05) is 19.1 Å². The van der Waals surface area contributed by atoms with Gasteiger partial charge in [-0.3, -0.25) is 9.79 Å². The van der Waals surface area contributed by atoms with E-state index in [9.17, 15) is 9.18 Å². The zero-order chi connectivity index (χ0) is 21.3. The number of hydrogen-bond donors (Lipinski definition) is 2. The Hall–Kier alpha value is -2.02. The monoisotopic (exact) mass is 561 g/mol. The molecule has 1 aromatic carbocycles. The highest BCUT2D eigenvalue weighted by molar-refractivity contribution is 14.0. The molecule has 1 aliphatic heterocycles. The van der Waals surface area contributed by atoms with Crippen LogP contribution in [0.25, 0.3) is 0 Å². The summed E-state index contributed by atoms with van der Waals surface area (Å²) >= 11 is 1.46. The first-order valence-electron chi connectivity index (χ1n) is 10.1. The van der Waals surface area contributed by atoms with E-state index in [1.165, 1.54) is 23.7 Å². The van der Waals surface area contributed by atoms with Crippen molar-refractivity contribution >= 4 is 52.5 Å². The molecule has 2 heterocycles. The molecule has 3 rings (SSSR count). The van der Waals surface area contributed by atoms with Gasteiger partial charge >= 0.3 is 0 Å². The van der Waals surface area contributed by atoms with Gasteiger partial charge in [-0.15, -0.1) is 24.0 Å². The number of benzene rings is 1. The molecule has 2 aromatic rings. The van der Waals surface area contributed by atoms with Crippen LogP contribution in [0.3, 0.4) is 0 Å². The highest BCUT2D eigenvalue weighted by Crippen LogP contribution is 2.19. The Morgan fingerprint density at radius 2 is 1.84 bits per heavy atom. The van der Waals surface area contributed by atoms with Crippen LogP contribution in [-0.2, 0) is 17.6 Å². The Bertz CT molecular complexity index is 853. The number of carbonyl (C=O) groups is 1. The van der Waals surface area contributed by atoms with Gasteiger partial charge in [0.2, 0.25) is 11.0 Å². The van der Waals surface area contributed by atoms with Crippen molar-refractivity contribution in [2.24, 2.45) is 4.99 Å². The number of aliphatic imine (C=N–C) groups is 1. The molecule has 0 bridgehead atoms. The lowest BCUT2D eigenvalue weighted by molar-refractivity contribution is -0.120. The molecule has 11 heteroatoms. The second-order valence-corrected chi connectivity index (χ2v) is 7.68. The summed E-state index contributed by atoms with van der Waals surface area (Å²) in [7, 11) is 1.76. The van der Waals surface area contributed by atoms with Crippen molar-refractivity contribution in [2.45, 2.75) is 19.8 Å². The van der Waals surface area contributed by atoms with E-state index in [-0.39, 0.29) is 42.1 Å². The van der Waals surface area contributed by atoms with Crippen molar-refractivity contribution in [2.75, 3.05) is 51.2 Å². The smallest absolute Gasteiger partial charge is 0.224 e. The molecule has 1 saturated heterocycles. The first-order valence-corrected chi connectivity index (χ1v) is 10.9. The number of amides is 1. The minimum absolute atomic E-state index is 0. The minimum Gasteiger partial charge on any atom is -0.354 e. The molecule has 0 atom stereocenters. The van der Waals surface area contributed by atoms with Crippen molar-refractivity contribution in [3.8, 4) is 0 Å². The molecule has 170 valence electrons. The third-order valence-corrected chi connectivity index (χ3v) is 5.66. The van der Waals surface area contributed by atoms with E-state index in [2.05, 4.69) is 41.7 Å². The Balaban J connectivity index is 0.00000341. The molecule has 1 aromatic heterocycles. The molecule has 2 N–H and O–H groups in total. The Morgan fingerprint density at radius 3 is 2.45 bits per heavy atom. The number of carbonyl (C=O) groups excluding carboxylic acids is 1. The number of aromatic nitrogens is 2. The molecule has 8 nitrogen and oxygen atoms in total. The van der Waals surface area contributed by atoms with Crippen LogP contribution in [0.15, 0.2) is 29.3 Å². The van der Waals surface area contributed by atoms with Gasteiger partial charge in [-0.25, -0.2) is 9.37 Å². The number of guanidine groups is 1. The van der Waals surface area contributed by atoms with E-state index in [1.807, 2.05) is 0 Å². The zero-order valence-electron chi connectivity index (χ0n) is 17.8. The van der Waals surface area contributed by atoms with Crippen molar-refractivity contribution in [1.29, 1.82) is 0 Å². The summed E-state index contributed by atoms with van der Waals surface area (Å²) in [6.07, 6.45) is 1.09. The largest absolute Gasteiger partial charge is 0.354 e.